The molecule has 0 bridgehead atoms. The van der Waals surface area contributed by atoms with E-state index >= 15 is 0 Å². The Balaban J connectivity index is 2.59. The van der Waals surface area contributed by atoms with Crippen molar-refractivity contribution in [2.45, 2.75) is 38.5 Å². The molecular formula is C12H16O3. The minimum absolute atomic E-state index is 0.128. The van der Waals surface area contributed by atoms with Crippen LogP contribution in [0, 0.1) is 0 Å². The maximum absolute atomic E-state index is 9.82. The Bertz CT molecular complexity index is 385. The smallest absolute Gasteiger partial charge is 0.200 e. The summed E-state index contributed by atoms with van der Waals surface area (Å²) in [4.78, 5) is 0. The number of benzene rings is 1. The summed E-state index contributed by atoms with van der Waals surface area (Å²) in [6.45, 7) is 2.07. The largest absolute Gasteiger partial charge is 0.504 e. The summed E-state index contributed by atoms with van der Waals surface area (Å²) in [7, 11) is 0. The molecule has 0 heterocycles. The fourth-order valence-electron chi connectivity index (χ4n) is 2.47. The number of aromatic hydroxyl groups is 3. The molecule has 2 rings (SSSR count). The lowest BCUT2D eigenvalue weighted by Gasteiger charge is -2.26. The zero-order valence-corrected chi connectivity index (χ0v) is 8.82. The molecule has 82 valence electrons. The first-order valence-electron chi connectivity index (χ1n) is 5.41. The fraction of sp³-hybridized carbons (Fsp3) is 0.500. The Kier molecular flexibility index (Phi) is 2.47. The Morgan fingerprint density at radius 1 is 1.27 bits per heavy atom. The molecule has 0 aromatic heterocycles. The third-order valence-corrected chi connectivity index (χ3v) is 3.28. The van der Waals surface area contributed by atoms with E-state index in [-0.39, 0.29) is 17.2 Å². The molecule has 1 aliphatic rings. The van der Waals surface area contributed by atoms with Gasteiger partial charge in [-0.1, -0.05) is 6.92 Å². The van der Waals surface area contributed by atoms with Gasteiger partial charge in [0.25, 0.3) is 0 Å². The van der Waals surface area contributed by atoms with Crippen molar-refractivity contribution >= 4 is 0 Å². The van der Waals surface area contributed by atoms with Gasteiger partial charge in [-0.15, -0.1) is 0 Å². The van der Waals surface area contributed by atoms with Gasteiger partial charge in [0, 0.05) is 5.56 Å². The lowest BCUT2D eigenvalue weighted by Crippen LogP contribution is -2.09. The Morgan fingerprint density at radius 2 is 2.00 bits per heavy atom. The lowest BCUT2D eigenvalue weighted by atomic mass is 9.80. The molecule has 1 atom stereocenters. The molecule has 1 aliphatic carbocycles. The van der Waals surface area contributed by atoms with Crippen LogP contribution in [0.1, 0.15) is 43.2 Å². The van der Waals surface area contributed by atoms with Crippen molar-refractivity contribution < 1.29 is 15.3 Å². The van der Waals surface area contributed by atoms with Crippen LogP contribution in [-0.4, -0.2) is 15.3 Å². The SMILES string of the molecule is CC[C@@H]1CCCc2cc(O)c(O)c(O)c21. The van der Waals surface area contributed by atoms with Crippen molar-refractivity contribution in [3.05, 3.63) is 17.2 Å². The molecule has 0 unspecified atom stereocenters. The summed E-state index contributed by atoms with van der Waals surface area (Å²) in [5.41, 5.74) is 1.81. The van der Waals surface area contributed by atoms with Crippen LogP contribution in [0.3, 0.4) is 0 Å². The highest BCUT2D eigenvalue weighted by Crippen LogP contribution is 2.47. The summed E-state index contributed by atoms with van der Waals surface area (Å²) in [5.74, 6) is -0.422. The molecule has 0 saturated heterocycles. The average molecular weight is 208 g/mol. The van der Waals surface area contributed by atoms with Crippen molar-refractivity contribution in [2.24, 2.45) is 0 Å². The highest BCUT2D eigenvalue weighted by Gasteiger charge is 2.25. The van der Waals surface area contributed by atoms with Crippen LogP contribution in [0.15, 0.2) is 6.07 Å². The van der Waals surface area contributed by atoms with Gasteiger partial charge in [0.15, 0.2) is 11.5 Å². The number of phenolic OH excluding ortho intramolecular Hbond substituents is 3. The predicted octanol–water partition coefficient (Wildman–Crippen LogP) is 2.63. The number of hydrogen-bond donors (Lipinski definition) is 3. The lowest BCUT2D eigenvalue weighted by molar-refractivity contribution is 0.357. The van der Waals surface area contributed by atoms with Gasteiger partial charge in [-0.2, -0.15) is 0 Å². The van der Waals surface area contributed by atoms with Crippen molar-refractivity contribution in [2.75, 3.05) is 0 Å². The van der Waals surface area contributed by atoms with Crippen LogP contribution >= 0.6 is 0 Å². The third kappa shape index (κ3) is 1.52. The van der Waals surface area contributed by atoms with Crippen LogP contribution in [-0.2, 0) is 6.42 Å². The van der Waals surface area contributed by atoms with Crippen LogP contribution in [0.4, 0.5) is 0 Å². The summed E-state index contributed by atoms with van der Waals surface area (Å²) in [6, 6.07) is 1.58. The maximum Gasteiger partial charge on any atom is 0.200 e. The summed E-state index contributed by atoms with van der Waals surface area (Å²) in [6.07, 6.45) is 3.94. The first-order chi connectivity index (χ1) is 7.15. The zero-order valence-electron chi connectivity index (χ0n) is 8.82. The van der Waals surface area contributed by atoms with E-state index < -0.39 is 0 Å². The van der Waals surface area contributed by atoms with Gasteiger partial charge in [-0.05, 0) is 43.2 Å². The number of rotatable bonds is 1. The molecule has 0 saturated carbocycles. The fourth-order valence-corrected chi connectivity index (χ4v) is 2.47. The zero-order chi connectivity index (χ0) is 11.0. The highest BCUT2D eigenvalue weighted by atomic mass is 16.3. The van der Waals surface area contributed by atoms with E-state index in [1.165, 1.54) is 0 Å². The predicted molar refractivity (Wildman–Crippen MR) is 57.4 cm³/mol. The molecule has 3 N–H and O–H groups in total. The van der Waals surface area contributed by atoms with E-state index in [1.807, 2.05) is 0 Å². The van der Waals surface area contributed by atoms with Crippen molar-refractivity contribution in [1.29, 1.82) is 0 Å². The van der Waals surface area contributed by atoms with Gasteiger partial charge in [0.2, 0.25) is 5.75 Å². The Hall–Kier alpha value is -1.38. The number of phenols is 3. The molecule has 3 heteroatoms. The molecule has 15 heavy (non-hydrogen) atoms. The van der Waals surface area contributed by atoms with Crippen molar-refractivity contribution in [3.63, 3.8) is 0 Å². The number of hydrogen-bond acceptors (Lipinski definition) is 3. The summed E-state index contributed by atoms with van der Waals surface area (Å²) in [5, 5.41) is 28.7. The third-order valence-electron chi connectivity index (χ3n) is 3.28. The normalized spacial score (nSPS) is 19.9. The first kappa shape index (κ1) is 10.1. The van der Waals surface area contributed by atoms with Crippen LogP contribution in [0.5, 0.6) is 17.2 Å². The van der Waals surface area contributed by atoms with Gasteiger partial charge < -0.3 is 15.3 Å². The van der Waals surface area contributed by atoms with Crippen LogP contribution in [0.2, 0.25) is 0 Å². The van der Waals surface area contributed by atoms with E-state index in [9.17, 15) is 15.3 Å². The molecule has 0 aliphatic heterocycles. The topological polar surface area (TPSA) is 60.7 Å². The maximum atomic E-state index is 9.82. The van der Waals surface area contributed by atoms with Crippen LogP contribution in [0.25, 0.3) is 0 Å². The quantitative estimate of drug-likeness (QED) is 0.622. The van der Waals surface area contributed by atoms with Gasteiger partial charge in [-0.25, -0.2) is 0 Å². The molecule has 0 amide bonds. The summed E-state index contributed by atoms with van der Waals surface area (Å²) >= 11 is 0. The van der Waals surface area contributed by atoms with E-state index in [0.29, 0.717) is 5.92 Å². The number of aryl methyl sites for hydroxylation is 1. The van der Waals surface area contributed by atoms with Gasteiger partial charge >= 0.3 is 0 Å². The Labute approximate surface area is 89.0 Å². The van der Waals surface area contributed by atoms with E-state index in [1.54, 1.807) is 6.07 Å². The van der Waals surface area contributed by atoms with Gasteiger partial charge in [0.05, 0.1) is 0 Å². The standard InChI is InChI=1S/C12H16O3/c1-2-7-4-3-5-8-6-9(13)11(14)12(15)10(7)8/h6-7,13-15H,2-5H2,1H3/t7-/m1/s1. The second kappa shape index (κ2) is 3.65. The van der Waals surface area contributed by atoms with Crippen molar-refractivity contribution in [1.82, 2.24) is 0 Å². The van der Waals surface area contributed by atoms with Crippen molar-refractivity contribution in [3.8, 4) is 17.2 Å². The average Bonchev–Trinajstić information content (AvgIpc) is 2.25. The second-order valence-corrected chi connectivity index (χ2v) is 4.16. The first-order valence-corrected chi connectivity index (χ1v) is 5.41. The molecule has 0 spiro atoms. The molecule has 1 aromatic rings. The van der Waals surface area contributed by atoms with E-state index in [0.717, 1.165) is 36.8 Å². The molecule has 3 nitrogen and oxygen atoms in total. The number of fused-ring (bicyclic) bond motifs is 1. The monoisotopic (exact) mass is 208 g/mol. The molecule has 0 fully saturated rings. The highest BCUT2D eigenvalue weighted by molar-refractivity contribution is 5.58. The van der Waals surface area contributed by atoms with Crippen LogP contribution < -0.4 is 0 Å². The molecular weight excluding hydrogens is 192 g/mol. The molecule has 1 aromatic carbocycles. The minimum atomic E-state index is -0.380. The van der Waals surface area contributed by atoms with E-state index in [2.05, 4.69) is 6.92 Å². The molecule has 0 radical (unpaired) electrons. The summed E-state index contributed by atoms with van der Waals surface area (Å²) < 4.78 is 0. The van der Waals surface area contributed by atoms with E-state index in [4.69, 9.17) is 0 Å². The van der Waals surface area contributed by atoms with Gasteiger partial charge in [0.1, 0.15) is 0 Å². The second-order valence-electron chi connectivity index (χ2n) is 4.16. The van der Waals surface area contributed by atoms with Gasteiger partial charge in [-0.3, -0.25) is 0 Å². The minimum Gasteiger partial charge on any atom is -0.504 e. The Morgan fingerprint density at radius 3 is 2.67 bits per heavy atom.